The molecular formula is C19H24N4. The molecule has 0 bridgehead atoms. The van der Waals surface area contributed by atoms with Gasteiger partial charge in [0.05, 0.1) is 11.4 Å². The van der Waals surface area contributed by atoms with E-state index in [2.05, 4.69) is 68.7 Å². The zero-order chi connectivity index (χ0) is 16.7. The first kappa shape index (κ1) is 15.7. The largest absolute Gasteiger partial charge is 0.252 e. The summed E-state index contributed by atoms with van der Waals surface area (Å²) < 4.78 is 1.90. The fraction of sp³-hybridized carbons (Fsp3) is 0.421. The summed E-state index contributed by atoms with van der Waals surface area (Å²) >= 11 is 0. The molecule has 0 aliphatic carbocycles. The highest BCUT2D eigenvalue weighted by Crippen LogP contribution is 2.34. The van der Waals surface area contributed by atoms with E-state index in [0.717, 1.165) is 12.1 Å². The Kier molecular flexibility index (Phi) is 3.92. The number of nitrogens with zero attached hydrogens (tertiary/aromatic N) is 4. The molecule has 0 atom stereocenters. The predicted octanol–water partition coefficient (Wildman–Crippen LogP) is 4.22. The summed E-state index contributed by atoms with van der Waals surface area (Å²) in [5, 5.41) is 4.42. The van der Waals surface area contributed by atoms with Crippen molar-refractivity contribution in [2.75, 3.05) is 0 Å². The van der Waals surface area contributed by atoms with Crippen LogP contribution in [0.3, 0.4) is 0 Å². The Morgan fingerprint density at radius 2 is 1.65 bits per heavy atom. The molecule has 0 saturated carbocycles. The Bertz CT molecular complexity index is 851. The maximum atomic E-state index is 4.67. The molecule has 1 aromatic carbocycles. The van der Waals surface area contributed by atoms with E-state index in [-0.39, 0.29) is 0 Å². The van der Waals surface area contributed by atoms with E-state index in [1.165, 1.54) is 33.5 Å². The number of fused-ring (bicyclic) bond motifs is 1. The Labute approximate surface area is 137 Å². The summed E-state index contributed by atoms with van der Waals surface area (Å²) in [7, 11) is 0. The molecule has 0 radical (unpaired) electrons. The third-order valence-electron chi connectivity index (χ3n) is 4.23. The highest BCUT2D eigenvalue weighted by atomic mass is 15.3. The van der Waals surface area contributed by atoms with Crippen LogP contribution in [0.25, 0.3) is 16.9 Å². The van der Waals surface area contributed by atoms with Crippen molar-refractivity contribution in [3.63, 3.8) is 0 Å². The van der Waals surface area contributed by atoms with E-state index in [9.17, 15) is 0 Å². The second-order valence-electron chi connectivity index (χ2n) is 6.86. The van der Waals surface area contributed by atoms with E-state index in [0.29, 0.717) is 11.7 Å². The van der Waals surface area contributed by atoms with Gasteiger partial charge in [0.15, 0.2) is 0 Å². The first-order valence-electron chi connectivity index (χ1n) is 8.16. The van der Waals surface area contributed by atoms with Crippen molar-refractivity contribution in [2.45, 2.75) is 48.0 Å². The standard InChI is InChI=1S/C19H24N4/c1-11(2)7-16-18(15(6)22-19-20-10-21-23(16)19)17-13(4)8-12(3)9-14(17)5/h8-11H,7H2,1-6H3. The van der Waals surface area contributed by atoms with Gasteiger partial charge in [0.25, 0.3) is 5.78 Å². The topological polar surface area (TPSA) is 43.1 Å². The summed E-state index contributed by atoms with van der Waals surface area (Å²) in [5.41, 5.74) is 8.60. The summed E-state index contributed by atoms with van der Waals surface area (Å²) in [4.78, 5) is 8.96. The number of benzene rings is 1. The first-order valence-corrected chi connectivity index (χ1v) is 8.16. The molecule has 3 aromatic rings. The number of hydrogen-bond acceptors (Lipinski definition) is 3. The fourth-order valence-corrected chi connectivity index (χ4v) is 3.50. The van der Waals surface area contributed by atoms with Gasteiger partial charge in [-0.05, 0) is 56.7 Å². The lowest BCUT2D eigenvalue weighted by atomic mass is 9.90. The van der Waals surface area contributed by atoms with Gasteiger partial charge in [-0.1, -0.05) is 31.5 Å². The van der Waals surface area contributed by atoms with Crippen molar-refractivity contribution in [2.24, 2.45) is 5.92 Å². The quantitative estimate of drug-likeness (QED) is 0.727. The van der Waals surface area contributed by atoms with Gasteiger partial charge in [-0.25, -0.2) is 9.50 Å². The van der Waals surface area contributed by atoms with Crippen molar-refractivity contribution in [1.82, 2.24) is 19.6 Å². The predicted molar refractivity (Wildman–Crippen MR) is 93.7 cm³/mol. The SMILES string of the molecule is Cc1cc(C)c(-c2c(C)nc3ncnn3c2CC(C)C)c(C)c1. The molecule has 0 aliphatic heterocycles. The Morgan fingerprint density at radius 3 is 2.26 bits per heavy atom. The molecule has 120 valence electrons. The van der Waals surface area contributed by atoms with E-state index in [1.54, 1.807) is 6.33 Å². The van der Waals surface area contributed by atoms with E-state index in [1.807, 2.05) is 4.52 Å². The Morgan fingerprint density at radius 1 is 1.00 bits per heavy atom. The number of rotatable bonds is 3. The third-order valence-corrected chi connectivity index (χ3v) is 4.23. The molecule has 0 aliphatic rings. The van der Waals surface area contributed by atoms with Gasteiger partial charge in [-0.2, -0.15) is 10.1 Å². The van der Waals surface area contributed by atoms with Crippen molar-refractivity contribution >= 4 is 5.78 Å². The van der Waals surface area contributed by atoms with Crippen LogP contribution in [0.2, 0.25) is 0 Å². The molecule has 0 spiro atoms. The molecule has 4 nitrogen and oxygen atoms in total. The van der Waals surface area contributed by atoms with Gasteiger partial charge < -0.3 is 0 Å². The normalized spacial score (nSPS) is 11.6. The lowest BCUT2D eigenvalue weighted by Gasteiger charge is -2.19. The molecule has 3 rings (SSSR count). The molecule has 0 amide bonds. The Hall–Kier alpha value is -2.23. The second kappa shape index (κ2) is 5.76. The van der Waals surface area contributed by atoms with Crippen LogP contribution >= 0.6 is 0 Å². The molecule has 0 unspecified atom stereocenters. The van der Waals surface area contributed by atoms with Crippen LogP contribution in [0.1, 0.15) is 41.9 Å². The minimum absolute atomic E-state index is 0.536. The second-order valence-corrected chi connectivity index (χ2v) is 6.86. The van der Waals surface area contributed by atoms with Gasteiger partial charge in [-0.15, -0.1) is 0 Å². The minimum atomic E-state index is 0.536. The van der Waals surface area contributed by atoms with Crippen LogP contribution in [-0.2, 0) is 6.42 Å². The number of aromatic nitrogens is 4. The van der Waals surface area contributed by atoms with Crippen molar-refractivity contribution in [3.05, 3.63) is 46.5 Å². The van der Waals surface area contributed by atoms with Crippen molar-refractivity contribution in [3.8, 4) is 11.1 Å². The average Bonchev–Trinajstić information content (AvgIpc) is 2.88. The fourth-order valence-electron chi connectivity index (χ4n) is 3.50. The van der Waals surface area contributed by atoms with Crippen LogP contribution in [0.5, 0.6) is 0 Å². The number of aryl methyl sites for hydroxylation is 4. The third kappa shape index (κ3) is 2.74. The van der Waals surface area contributed by atoms with E-state index in [4.69, 9.17) is 0 Å². The van der Waals surface area contributed by atoms with Crippen molar-refractivity contribution in [1.29, 1.82) is 0 Å². The lowest BCUT2D eigenvalue weighted by molar-refractivity contribution is 0.619. The van der Waals surface area contributed by atoms with Crippen LogP contribution in [-0.4, -0.2) is 19.6 Å². The molecular weight excluding hydrogens is 284 g/mol. The van der Waals surface area contributed by atoms with Gasteiger partial charge in [0.2, 0.25) is 0 Å². The summed E-state index contributed by atoms with van der Waals surface area (Å²) in [6, 6.07) is 4.49. The highest BCUT2D eigenvalue weighted by Gasteiger charge is 2.19. The monoisotopic (exact) mass is 308 g/mol. The van der Waals surface area contributed by atoms with Crippen LogP contribution < -0.4 is 0 Å². The summed E-state index contributed by atoms with van der Waals surface area (Å²) in [6.45, 7) is 13.0. The van der Waals surface area contributed by atoms with Crippen molar-refractivity contribution < 1.29 is 0 Å². The van der Waals surface area contributed by atoms with Gasteiger partial charge in [-0.3, -0.25) is 0 Å². The summed E-state index contributed by atoms with van der Waals surface area (Å²) in [6.07, 6.45) is 2.54. The van der Waals surface area contributed by atoms with Crippen LogP contribution in [0.15, 0.2) is 18.5 Å². The van der Waals surface area contributed by atoms with Crippen LogP contribution in [0.4, 0.5) is 0 Å². The molecule has 2 aromatic heterocycles. The summed E-state index contributed by atoms with van der Waals surface area (Å²) in [5.74, 6) is 1.22. The van der Waals surface area contributed by atoms with Crippen LogP contribution in [0, 0.1) is 33.6 Å². The molecule has 0 N–H and O–H groups in total. The molecule has 0 fully saturated rings. The highest BCUT2D eigenvalue weighted by molar-refractivity contribution is 5.76. The Balaban J connectivity index is 2.39. The molecule has 0 saturated heterocycles. The van der Waals surface area contributed by atoms with Gasteiger partial charge in [0.1, 0.15) is 6.33 Å². The average molecular weight is 308 g/mol. The lowest BCUT2D eigenvalue weighted by Crippen LogP contribution is -2.10. The van der Waals surface area contributed by atoms with E-state index >= 15 is 0 Å². The zero-order valence-electron chi connectivity index (χ0n) is 14.8. The van der Waals surface area contributed by atoms with E-state index < -0.39 is 0 Å². The molecule has 2 heterocycles. The van der Waals surface area contributed by atoms with Gasteiger partial charge >= 0.3 is 0 Å². The maximum absolute atomic E-state index is 4.67. The minimum Gasteiger partial charge on any atom is -0.216 e. The number of hydrogen-bond donors (Lipinski definition) is 0. The first-order chi connectivity index (χ1) is 10.9. The molecule has 23 heavy (non-hydrogen) atoms. The zero-order valence-corrected chi connectivity index (χ0v) is 14.8. The maximum Gasteiger partial charge on any atom is 0.252 e. The van der Waals surface area contributed by atoms with Gasteiger partial charge in [0, 0.05) is 5.56 Å². The smallest absolute Gasteiger partial charge is 0.216 e. The molecule has 4 heteroatoms.